The van der Waals surface area contributed by atoms with E-state index in [4.69, 9.17) is 16.3 Å². The van der Waals surface area contributed by atoms with Gasteiger partial charge in [-0.25, -0.2) is 0 Å². The van der Waals surface area contributed by atoms with Gasteiger partial charge in [0.05, 0.1) is 4.47 Å². The van der Waals surface area contributed by atoms with Gasteiger partial charge in [-0.2, -0.15) is 0 Å². The lowest BCUT2D eigenvalue weighted by molar-refractivity contribution is 0.141. The number of benzene rings is 1. The van der Waals surface area contributed by atoms with Gasteiger partial charge in [0, 0.05) is 18.1 Å². The lowest BCUT2D eigenvalue weighted by Crippen LogP contribution is -2.50. The summed E-state index contributed by atoms with van der Waals surface area (Å²) in [6.45, 7) is 1.83. The first-order valence-electron chi connectivity index (χ1n) is 4.08. The van der Waals surface area contributed by atoms with Gasteiger partial charge in [0.25, 0.3) is 0 Å². The van der Waals surface area contributed by atoms with Crippen LogP contribution in [0, 0.1) is 0 Å². The maximum atomic E-state index is 5.85. The second-order valence-corrected chi connectivity index (χ2v) is 4.26. The molecule has 1 aliphatic heterocycles. The van der Waals surface area contributed by atoms with Gasteiger partial charge in [0.15, 0.2) is 0 Å². The van der Waals surface area contributed by atoms with Crippen LogP contribution >= 0.6 is 27.5 Å². The van der Waals surface area contributed by atoms with Crippen LogP contribution < -0.4 is 10.1 Å². The van der Waals surface area contributed by atoms with E-state index >= 15 is 0 Å². The van der Waals surface area contributed by atoms with E-state index in [-0.39, 0.29) is 6.10 Å². The molecule has 1 N–H and O–H groups in total. The van der Waals surface area contributed by atoms with Crippen LogP contribution in [0.15, 0.2) is 22.7 Å². The third-order valence-electron chi connectivity index (χ3n) is 1.93. The largest absolute Gasteiger partial charge is 0.487 e. The summed E-state index contributed by atoms with van der Waals surface area (Å²) >= 11 is 9.25. The van der Waals surface area contributed by atoms with Crippen molar-refractivity contribution < 1.29 is 4.74 Å². The highest BCUT2D eigenvalue weighted by atomic mass is 79.9. The topological polar surface area (TPSA) is 21.3 Å². The van der Waals surface area contributed by atoms with Gasteiger partial charge in [-0.3, -0.25) is 0 Å². The van der Waals surface area contributed by atoms with Crippen molar-refractivity contribution in [1.29, 1.82) is 0 Å². The Morgan fingerprint density at radius 3 is 2.85 bits per heavy atom. The molecule has 2 nitrogen and oxygen atoms in total. The Balaban J connectivity index is 2.13. The van der Waals surface area contributed by atoms with E-state index in [0.717, 1.165) is 23.3 Å². The van der Waals surface area contributed by atoms with Crippen LogP contribution in [0.5, 0.6) is 5.75 Å². The molecule has 0 unspecified atom stereocenters. The quantitative estimate of drug-likeness (QED) is 0.884. The Hall–Kier alpha value is -0.250. The van der Waals surface area contributed by atoms with Gasteiger partial charge in [0.1, 0.15) is 11.9 Å². The van der Waals surface area contributed by atoms with Crippen LogP contribution in [-0.4, -0.2) is 19.2 Å². The average Bonchev–Trinajstić information content (AvgIpc) is 2.03. The van der Waals surface area contributed by atoms with Gasteiger partial charge in [0.2, 0.25) is 0 Å². The maximum Gasteiger partial charge on any atom is 0.135 e. The van der Waals surface area contributed by atoms with Crippen LogP contribution in [0.4, 0.5) is 0 Å². The fourth-order valence-electron chi connectivity index (χ4n) is 1.09. The molecule has 1 fully saturated rings. The number of halogens is 2. The van der Waals surface area contributed by atoms with Crippen LogP contribution in [-0.2, 0) is 0 Å². The monoisotopic (exact) mass is 261 g/mol. The molecule has 2 rings (SSSR count). The fourth-order valence-corrected chi connectivity index (χ4v) is 1.59. The molecule has 0 saturated carbocycles. The molecule has 1 heterocycles. The van der Waals surface area contributed by atoms with E-state index in [1.165, 1.54) is 0 Å². The fraction of sp³-hybridized carbons (Fsp3) is 0.333. The number of hydrogen-bond acceptors (Lipinski definition) is 2. The third kappa shape index (κ3) is 2.16. The molecule has 1 saturated heterocycles. The summed E-state index contributed by atoms with van der Waals surface area (Å²) in [5.74, 6) is 0.819. The van der Waals surface area contributed by atoms with Crippen molar-refractivity contribution in [3.05, 3.63) is 27.7 Å². The highest BCUT2D eigenvalue weighted by Crippen LogP contribution is 2.29. The molecule has 13 heavy (non-hydrogen) atoms. The Morgan fingerprint density at radius 2 is 2.23 bits per heavy atom. The van der Waals surface area contributed by atoms with Gasteiger partial charge in [-0.15, -0.1) is 0 Å². The normalized spacial score (nSPS) is 16.8. The molecule has 4 heteroatoms. The summed E-state index contributed by atoms with van der Waals surface area (Å²) in [7, 11) is 0. The van der Waals surface area contributed by atoms with Crippen molar-refractivity contribution in [2.45, 2.75) is 6.10 Å². The molecule has 1 aromatic carbocycles. The van der Waals surface area contributed by atoms with Crippen LogP contribution in [0.2, 0.25) is 5.02 Å². The molecule has 70 valence electrons. The molecule has 0 bridgehead atoms. The summed E-state index contributed by atoms with van der Waals surface area (Å²) in [5, 5.41) is 3.84. The Labute approximate surface area is 90.4 Å². The molecule has 1 aliphatic rings. The lowest BCUT2D eigenvalue weighted by Gasteiger charge is -2.28. The third-order valence-corrected chi connectivity index (χ3v) is 2.82. The number of hydrogen-bond donors (Lipinski definition) is 1. The van der Waals surface area contributed by atoms with Gasteiger partial charge in [-0.1, -0.05) is 11.6 Å². The van der Waals surface area contributed by atoms with Crippen molar-refractivity contribution >= 4 is 27.5 Å². The highest BCUT2D eigenvalue weighted by molar-refractivity contribution is 9.10. The average molecular weight is 263 g/mol. The summed E-state index contributed by atoms with van der Waals surface area (Å²) < 4.78 is 6.62. The predicted molar refractivity (Wildman–Crippen MR) is 56.4 cm³/mol. The molecular formula is C9H9BrClNO. The number of ether oxygens (including phenoxy) is 1. The van der Waals surface area contributed by atoms with E-state index in [2.05, 4.69) is 21.2 Å². The zero-order chi connectivity index (χ0) is 9.26. The molecule has 0 amide bonds. The predicted octanol–water partition coefficient (Wildman–Crippen LogP) is 2.45. The van der Waals surface area contributed by atoms with Crippen LogP contribution in [0.1, 0.15) is 0 Å². The summed E-state index contributed by atoms with van der Waals surface area (Å²) in [5.41, 5.74) is 0. The smallest absolute Gasteiger partial charge is 0.135 e. The van der Waals surface area contributed by atoms with Gasteiger partial charge < -0.3 is 10.1 Å². The van der Waals surface area contributed by atoms with Crippen LogP contribution in [0.3, 0.4) is 0 Å². The number of nitrogens with one attached hydrogen (secondary N) is 1. The zero-order valence-electron chi connectivity index (χ0n) is 6.89. The summed E-state index contributed by atoms with van der Waals surface area (Å²) in [4.78, 5) is 0. The molecule has 0 aromatic heterocycles. The van der Waals surface area contributed by atoms with Crippen LogP contribution in [0.25, 0.3) is 0 Å². The molecule has 0 spiro atoms. The summed E-state index contributed by atoms with van der Waals surface area (Å²) in [6.07, 6.45) is 0.287. The zero-order valence-corrected chi connectivity index (χ0v) is 9.23. The van der Waals surface area contributed by atoms with Crippen molar-refractivity contribution in [1.82, 2.24) is 5.32 Å². The van der Waals surface area contributed by atoms with E-state index in [1.54, 1.807) is 0 Å². The van der Waals surface area contributed by atoms with Crippen molar-refractivity contribution in [2.75, 3.05) is 13.1 Å². The second-order valence-electron chi connectivity index (χ2n) is 2.97. The Kier molecular flexibility index (Phi) is 2.77. The highest BCUT2D eigenvalue weighted by Gasteiger charge is 2.19. The molecule has 1 aromatic rings. The minimum Gasteiger partial charge on any atom is -0.487 e. The minimum absolute atomic E-state index is 0.287. The first kappa shape index (κ1) is 9.31. The van der Waals surface area contributed by atoms with Crippen molar-refractivity contribution in [2.24, 2.45) is 0 Å². The Morgan fingerprint density at radius 1 is 1.46 bits per heavy atom. The second kappa shape index (κ2) is 3.86. The standard InChI is InChI=1S/C9H9BrClNO/c10-8-2-1-6(11)3-9(8)13-7-4-12-5-7/h1-3,7,12H,4-5H2. The lowest BCUT2D eigenvalue weighted by atomic mass is 10.2. The van der Waals surface area contributed by atoms with E-state index in [0.29, 0.717) is 5.02 Å². The SMILES string of the molecule is Clc1ccc(Br)c(OC2CNC2)c1. The first-order chi connectivity index (χ1) is 6.25. The molecule has 0 aliphatic carbocycles. The van der Waals surface area contributed by atoms with E-state index in [9.17, 15) is 0 Å². The maximum absolute atomic E-state index is 5.85. The molecule has 0 radical (unpaired) electrons. The van der Waals surface area contributed by atoms with Crippen molar-refractivity contribution in [3.8, 4) is 5.75 Å². The summed E-state index contributed by atoms with van der Waals surface area (Å²) in [6, 6.07) is 5.55. The molecular weight excluding hydrogens is 253 g/mol. The van der Waals surface area contributed by atoms with Gasteiger partial charge >= 0.3 is 0 Å². The minimum atomic E-state index is 0.287. The van der Waals surface area contributed by atoms with Crippen molar-refractivity contribution in [3.63, 3.8) is 0 Å². The van der Waals surface area contributed by atoms with E-state index in [1.807, 2.05) is 18.2 Å². The first-order valence-corrected chi connectivity index (χ1v) is 5.25. The van der Waals surface area contributed by atoms with Gasteiger partial charge in [-0.05, 0) is 34.1 Å². The van der Waals surface area contributed by atoms with E-state index < -0.39 is 0 Å². The molecule has 0 atom stereocenters. The number of rotatable bonds is 2. The Bertz CT molecular complexity index is 314.